The van der Waals surface area contributed by atoms with Crippen LogP contribution in [-0.2, 0) is 0 Å². The SMILES string of the molecule is Cc1scc2c(Br)cccc12. The first kappa shape index (κ1) is 7.32. The van der Waals surface area contributed by atoms with Gasteiger partial charge in [0.05, 0.1) is 0 Å². The largest absolute Gasteiger partial charge is 0.148 e. The van der Waals surface area contributed by atoms with Gasteiger partial charge in [-0.15, -0.1) is 11.3 Å². The van der Waals surface area contributed by atoms with Gasteiger partial charge < -0.3 is 0 Å². The van der Waals surface area contributed by atoms with Gasteiger partial charge in [-0.3, -0.25) is 0 Å². The van der Waals surface area contributed by atoms with E-state index in [4.69, 9.17) is 0 Å². The normalized spacial score (nSPS) is 10.7. The molecule has 0 aliphatic rings. The first-order valence-electron chi connectivity index (χ1n) is 3.41. The Morgan fingerprint density at radius 1 is 1.27 bits per heavy atom. The number of thiophene rings is 1. The third-order valence-corrected chi connectivity index (χ3v) is 3.40. The fourth-order valence-corrected chi connectivity index (χ4v) is 2.66. The molecule has 0 unspecified atom stereocenters. The topological polar surface area (TPSA) is 0 Å². The molecule has 0 saturated heterocycles. The summed E-state index contributed by atoms with van der Waals surface area (Å²) in [7, 11) is 0. The lowest BCUT2D eigenvalue weighted by Gasteiger charge is -1.92. The lowest BCUT2D eigenvalue weighted by atomic mass is 10.2. The Hall–Kier alpha value is -0.340. The van der Waals surface area contributed by atoms with E-state index in [1.165, 1.54) is 20.1 Å². The number of fused-ring (bicyclic) bond motifs is 1. The van der Waals surface area contributed by atoms with Gasteiger partial charge in [0.15, 0.2) is 0 Å². The van der Waals surface area contributed by atoms with E-state index in [1.54, 1.807) is 11.3 Å². The lowest BCUT2D eigenvalue weighted by molar-refractivity contribution is 1.67. The standard InChI is InChI=1S/C9H7BrS/c1-6-7-3-2-4-9(10)8(7)5-11-6/h2-5H,1H3. The summed E-state index contributed by atoms with van der Waals surface area (Å²) in [5, 5.41) is 4.88. The molecule has 2 heteroatoms. The third kappa shape index (κ3) is 1.10. The van der Waals surface area contributed by atoms with Crippen molar-refractivity contribution in [3.63, 3.8) is 0 Å². The van der Waals surface area contributed by atoms with Crippen molar-refractivity contribution in [2.24, 2.45) is 0 Å². The first-order chi connectivity index (χ1) is 5.29. The van der Waals surface area contributed by atoms with Crippen molar-refractivity contribution in [2.75, 3.05) is 0 Å². The van der Waals surface area contributed by atoms with Crippen molar-refractivity contribution in [2.45, 2.75) is 6.92 Å². The monoisotopic (exact) mass is 226 g/mol. The molecule has 1 aromatic carbocycles. The van der Waals surface area contributed by atoms with E-state index in [-0.39, 0.29) is 0 Å². The smallest absolute Gasteiger partial charge is 0.0262 e. The molecule has 2 aromatic rings. The molecule has 1 heterocycles. The molecule has 0 N–H and O–H groups in total. The van der Waals surface area contributed by atoms with Crippen LogP contribution in [0.5, 0.6) is 0 Å². The quantitative estimate of drug-likeness (QED) is 0.638. The summed E-state index contributed by atoms with van der Waals surface area (Å²) in [4.78, 5) is 1.39. The Balaban J connectivity index is 2.94. The van der Waals surface area contributed by atoms with E-state index in [0.29, 0.717) is 0 Å². The summed E-state index contributed by atoms with van der Waals surface area (Å²) in [5.74, 6) is 0. The molecule has 0 radical (unpaired) electrons. The second-order valence-corrected chi connectivity index (χ2v) is 4.43. The van der Waals surface area contributed by atoms with Crippen LogP contribution in [0.3, 0.4) is 0 Å². The fourth-order valence-electron chi connectivity index (χ4n) is 1.17. The van der Waals surface area contributed by atoms with Gasteiger partial charge in [0.1, 0.15) is 0 Å². The molecule has 11 heavy (non-hydrogen) atoms. The van der Waals surface area contributed by atoms with Crippen LogP contribution in [0, 0.1) is 6.92 Å². The van der Waals surface area contributed by atoms with Crippen LogP contribution < -0.4 is 0 Å². The van der Waals surface area contributed by atoms with Gasteiger partial charge in [-0.1, -0.05) is 28.1 Å². The Kier molecular flexibility index (Phi) is 1.74. The predicted octanol–water partition coefficient (Wildman–Crippen LogP) is 3.97. The molecule has 2 rings (SSSR count). The molecular weight excluding hydrogens is 220 g/mol. The molecular formula is C9H7BrS. The van der Waals surface area contributed by atoms with Crippen molar-refractivity contribution >= 4 is 38.0 Å². The lowest BCUT2D eigenvalue weighted by Crippen LogP contribution is -1.67. The molecule has 0 nitrogen and oxygen atoms in total. The minimum Gasteiger partial charge on any atom is -0.148 e. The van der Waals surface area contributed by atoms with Gasteiger partial charge in [-0.25, -0.2) is 0 Å². The summed E-state index contributed by atoms with van der Waals surface area (Å²) in [6, 6.07) is 6.31. The van der Waals surface area contributed by atoms with Crippen molar-refractivity contribution in [1.82, 2.24) is 0 Å². The van der Waals surface area contributed by atoms with Gasteiger partial charge in [-0.05, 0) is 23.8 Å². The van der Waals surface area contributed by atoms with E-state index >= 15 is 0 Å². The highest BCUT2D eigenvalue weighted by atomic mass is 79.9. The first-order valence-corrected chi connectivity index (χ1v) is 5.08. The summed E-state index contributed by atoms with van der Waals surface area (Å²) >= 11 is 5.32. The van der Waals surface area contributed by atoms with Gasteiger partial charge in [0, 0.05) is 14.7 Å². The average Bonchev–Trinajstić information content (AvgIpc) is 2.35. The zero-order valence-electron chi connectivity index (χ0n) is 6.10. The zero-order valence-corrected chi connectivity index (χ0v) is 8.50. The molecule has 0 atom stereocenters. The molecule has 0 aliphatic heterocycles. The maximum absolute atomic E-state index is 3.52. The summed E-state index contributed by atoms with van der Waals surface area (Å²) in [6.45, 7) is 2.15. The predicted molar refractivity (Wildman–Crippen MR) is 54.3 cm³/mol. The van der Waals surface area contributed by atoms with Crippen LogP contribution >= 0.6 is 27.3 Å². The van der Waals surface area contributed by atoms with Crippen molar-refractivity contribution in [1.29, 1.82) is 0 Å². The van der Waals surface area contributed by atoms with Crippen molar-refractivity contribution < 1.29 is 0 Å². The van der Waals surface area contributed by atoms with E-state index in [0.717, 1.165) is 0 Å². The number of aryl methyl sites for hydroxylation is 1. The van der Waals surface area contributed by atoms with Gasteiger partial charge in [-0.2, -0.15) is 0 Å². The maximum Gasteiger partial charge on any atom is 0.0262 e. The Morgan fingerprint density at radius 2 is 2.09 bits per heavy atom. The molecule has 0 aliphatic carbocycles. The molecule has 0 saturated carbocycles. The Labute approximate surface area is 78.0 Å². The van der Waals surface area contributed by atoms with E-state index in [9.17, 15) is 0 Å². The highest BCUT2D eigenvalue weighted by Gasteiger charge is 2.00. The Bertz CT molecular complexity index is 389. The second kappa shape index (κ2) is 2.61. The van der Waals surface area contributed by atoms with Crippen LogP contribution in [0.1, 0.15) is 4.88 Å². The van der Waals surface area contributed by atoms with Gasteiger partial charge in [0.25, 0.3) is 0 Å². The minimum absolute atomic E-state index is 1.19. The molecule has 0 bridgehead atoms. The third-order valence-electron chi connectivity index (χ3n) is 1.79. The molecule has 0 amide bonds. The summed E-state index contributed by atoms with van der Waals surface area (Å²) in [6.07, 6.45) is 0. The van der Waals surface area contributed by atoms with Gasteiger partial charge in [0.2, 0.25) is 0 Å². The van der Waals surface area contributed by atoms with Crippen LogP contribution in [0.15, 0.2) is 28.1 Å². The minimum atomic E-state index is 1.19. The molecule has 0 fully saturated rings. The highest BCUT2D eigenvalue weighted by molar-refractivity contribution is 9.10. The number of halogens is 1. The molecule has 0 spiro atoms. The number of benzene rings is 1. The van der Waals surface area contributed by atoms with Crippen LogP contribution in [-0.4, -0.2) is 0 Å². The summed E-state index contributed by atoms with van der Waals surface area (Å²) < 4.78 is 1.19. The van der Waals surface area contributed by atoms with Crippen LogP contribution in [0.4, 0.5) is 0 Å². The number of hydrogen-bond acceptors (Lipinski definition) is 1. The maximum atomic E-state index is 3.52. The van der Waals surface area contributed by atoms with Crippen molar-refractivity contribution in [3.8, 4) is 0 Å². The second-order valence-electron chi connectivity index (χ2n) is 2.49. The van der Waals surface area contributed by atoms with Crippen LogP contribution in [0.2, 0.25) is 0 Å². The average molecular weight is 227 g/mol. The zero-order chi connectivity index (χ0) is 7.84. The number of rotatable bonds is 0. The van der Waals surface area contributed by atoms with Gasteiger partial charge >= 0.3 is 0 Å². The number of hydrogen-bond donors (Lipinski definition) is 0. The molecule has 1 aromatic heterocycles. The highest BCUT2D eigenvalue weighted by Crippen LogP contribution is 2.30. The van der Waals surface area contributed by atoms with Crippen LogP contribution in [0.25, 0.3) is 10.8 Å². The van der Waals surface area contributed by atoms with E-state index in [1.807, 2.05) is 0 Å². The van der Waals surface area contributed by atoms with Crippen molar-refractivity contribution in [3.05, 3.63) is 32.9 Å². The van der Waals surface area contributed by atoms with E-state index in [2.05, 4.69) is 46.4 Å². The summed E-state index contributed by atoms with van der Waals surface area (Å²) in [5.41, 5.74) is 0. The Morgan fingerprint density at radius 3 is 2.82 bits per heavy atom. The fraction of sp³-hybridized carbons (Fsp3) is 0.111. The van der Waals surface area contributed by atoms with E-state index < -0.39 is 0 Å². The molecule has 56 valence electrons.